The van der Waals surface area contributed by atoms with E-state index in [1.165, 1.54) is 44.2 Å². The zero-order valence-corrected chi connectivity index (χ0v) is 13.8. The Bertz CT molecular complexity index is 369. The van der Waals surface area contributed by atoms with Crippen molar-refractivity contribution in [3.8, 4) is 0 Å². The van der Waals surface area contributed by atoms with Gasteiger partial charge in [-0.15, -0.1) is 0 Å². The molecule has 0 N–H and O–H groups in total. The smallest absolute Gasteiger partial charge is 0.0764 e. The first kappa shape index (κ1) is 15.0. The Morgan fingerprint density at radius 3 is 2.84 bits per heavy atom. The minimum atomic E-state index is 0.592. The maximum absolute atomic E-state index is 4.76. The molecule has 0 spiro atoms. The maximum atomic E-state index is 4.76. The van der Waals surface area contributed by atoms with E-state index < -0.39 is 0 Å². The molecule has 0 saturated heterocycles. The zero-order chi connectivity index (χ0) is 13.7. The summed E-state index contributed by atoms with van der Waals surface area (Å²) in [5.41, 5.74) is 1.20. The molecule has 0 aromatic carbocycles. The molecule has 4 heteroatoms. The van der Waals surface area contributed by atoms with Gasteiger partial charge in [-0.3, -0.25) is 4.68 Å². The van der Waals surface area contributed by atoms with E-state index in [1.807, 2.05) is 0 Å². The molecule has 1 saturated carbocycles. The standard InChI is InChI=1S/C15H26BrN3/c1-13(16)8-10-18(2)12-14-9-11-19(17-14)15-6-4-3-5-7-15/h9,11,13,15H,3-8,10,12H2,1-2H3. The molecule has 1 aromatic rings. The largest absolute Gasteiger partial charge is 0.300 e. The highest BCUT2D eigenvalue weighted by molar-refractivity contribution is 9.09. The average molecular weight is 328 g/mol. The maximum Gasteiger partial charge on any atom is 0.0764 e. The molecule has 108 valence electrons. The molecular formula is C15H26BrN3. The quantitative estimate of drug-likeness (QED) is 0.736. The van der Waals surface area contributed by atoms with E-state index in [0.29, 0.717) is 10.9 Å². The summed E-state index contributed by atoms with van der Waals surface area (Å²) >= 11 is 3.60. The van der Waals surface area contributed by atoms with Crippen LogP contribution in [0.4, 0.5) is 0 Å². The molecular weight excluding hydrogens is 302 g/mol. The second-order valence-corrected chi connectivity index (χ2v) is 7.45. The van der Waals surface area contributed by atoms with E-state index in [2.05, 4.69) is 51.7 Å². The third kappa shape index (κ3) is 4.92. The van der Waals surface area contributed by atoms with E-state index in [1.54, 1.807) is 0 Å². The van der Waals surface area contributed by atoms with Gasteiger partial charge in [0.15, 0.2) is 0 Å². The van der Waals surface area contributed by atoms with E-state index >= 15 is 0 Å². The Labute approximate surface area is 125 Å². The van der Waals surface area contributed by atoms with Crippen molar-refractivity contribution in [1.82, 2.24) is 14.7 Å². The molecule has 0 bridgehead atoms. The monoisotopic (exact) mass is 327 g/mol. The molecule has 1 aliphatic carbocycles. The number of hydrogen-bond donors (Lipinski definition) is 0. The predicted octanol–water partition coefficient (Wildman–Crippen LogP) is 3.99. The fourth-order valence-corrected chi connectivity index (χ4v) is 2.97. The molecule has 1 fully saturated rings. The molecule has 1 atom stereocenters. The van der Waals surface area contributed by atoms with E-state index in [0.717, 1.165) is 13.1 Å². The highest BCUT2D eigenvalue weighted by Crippen LogP contribution is 2.27. The van der Waals surface area contributed by atoms with Gasteiger partial charge in [-0.25, -0.2) is 0 Å². The molecule has 1 unspecified atom stereocenters. The van der Waals surface area contributed by atoms with Gasteiger partial charge in [-0.2, -0.15) is 5.10 Å². The van der Waals surface area contributed by atoms with Crippen molar-refractivity contribution in [2.75, 3.05) is 13.6 Å². The summed E-state index contributed by atoms with van der Waals surface area (Å²) in [5, 5.41) is 4.76. The minimum Gasteiger partial charge on any atom is -0.300 e. The van der Waals surface area contributed by atoms with Crippen LogP contribution in [0.3, 0.4) is 0 Å². The van der Waals surface area contributed by atoms with Crippen LogP contribution in [0.1, 0.15) is 57.2 Å². The van der Waals surface area contributed by atoms with E-state index in [-0.39, 0.29) is 0 Å². The van der Waals surface area contributed by atoms with Crippen LogP contribution in [0.2, 0.25) is 0 Å². The van der Waals surface area contributed by atoms with Crippen LogP contribution in [0, 0.1) is 0 Å². The van der Waals surface area contributed by atoms with Crippen LogP contribution in [-0.2, 0) is 6.54 Å². The normalized spacial score (nSPS) is 18.9. The highest BCUT2D eigenvalue weighted by atomic mass is 79.9. The number of halogens is 1. The Morgan fingerprint density at radius 2 is 2.16 bits per heavy atom. The molecule has 19 heavy (non-hydrogen) atoms. The fourth-order valence-electron chi connectivity index (χ4n) is 2.76. The van der Waals surface area contributed by atoms with Crippen molar-refractivity contribution < 1.29 is 0 Å². The number of hydrogen-bond acceptors (Lipinski definition) is 2. The van der Waals surface area contributed by atoms with Crippen molar-refractivity contribution in [1.29, 1.82) is 0 Å². The van der Waals surface area contributed by atoms with Gasteiger partial charge in [-0.05, 0) is 38.9 Å². The topological polar surface area (TPSA) is 21.1 Å². The molecule has 0 amide bonds. The van der Waals surface area contributed by atoms with Crippen molar-refractivity contribution >= 4 is 15.9 Å². The Hall–Kier alpha value is -0.350. The summed E-state index contributed by atoms with van der Waals surface area (Å²) in [6, 6.07) is 2.83. The first-order valence-electron chi connectivity index (χ1n) is 7.52. The van der Waals surface area contributed by atoms with Crippen molar-refractivity contribution in [2.24, 2.45) is 0 Å². The van der Waals surface area contributed by atoms with E-state index in [9.17, 15) is 0 Å². The van der Waals surface area contributed by atoms with Crippen LogP contribution in [-0.4, -0.2) is 33.1 Å². The lowest BCUT2D eigenvalue weighted by Gasteiger charge is -2.22. The predicted molar refractivity (Wildman–Crippen MR) is 83.7 cm³/mol. The van der Waals surface area contributed by atoms with Crippen molar-refractivity contribution in [2.45, 2.75) is 62.9 Å². The van der Waals surface area contributed by atoms with Gasteiger partial charge in [0.05, 0.1) is 11.7 Å². The molecule has 0 aliphatic heterocycles. The number of nitrogens with zero attached hydrogens (tertiary/aromatic N) is 3. The average Bonchev–Trinajstić information content (AvgIpc) is 2.86. The van der Waals surface area contributed by atoms with Gasteiger partial charge in [0.2, 0.25) is 0 Å². The summed E-state index contributed by atoms with van der Waals surface area (Å²) in [6.45, 7) is 4.27. The van der Waals surface area contributed by atoms with Gasteiger partial charge in [0.25, 0.3) is 0 Å². The van der Waals surface area contributed by atoms with Crippen LogP contribution in [0.25, 0.3) is 0 Å². The molecule has 1 aromatic heterocycles. The van der Waals surface area contributed by atoms with Gasteiger partial charge < -0.3 is 4.90 Å². The second-order valence-electron chi connectivity index (χ2n) is 5.89. The Balaban J connectivity index is 1.82. The van der Waals surface area contributed by atoms with Gasteiger partial charge in [0, 0.05) is 17.6 Å². The van der Waals surface area contributed by atoms with Gasteiger partial charge in [-0.1, -0.05) is 42.1 Å². The summed E-state index contributed by atoms with van der Waals surface area (Å²) in [7, 11) is 2.18. The lowest BCUT2D eigenvalue weighted by atomic mass is 9.96. The summed E-state index contributed by atoms with van der Waals surface area (Å²) in [4.78, 5) is 2.94. The molecule has 0 radical (unpaired) electrons. The second kappa shape index (κ2) is 7.44. The van der Waals surface area contributed by atoms with Crippen LogP contribution < -0.4 is 0 Å². The van der Waals surface area contributed by atoms with E-state index in [4.69, 9.17) is 5.10 Å². The summed E-state index contributed by atoms with van der Waals surface area (Å²) < 4.78 is 2.20. The van der Waals surface area contributed by atoms with Crippen LogP contribution in [0.15, 0.2) is 12.3 Å². The summed E-state index contributed by atoms with van der Waals surface area (Å²) in [5.74, 6) is 0. The molecule has 3 nitrogen and oxygen atoms in total. The Morgan fingerprint density at radius 1 is 1.42 bits per heavy atom. The lowest BCUT2D eigenvalue weighted by Crippen LogP contribution is -2.21. The zero-order valence-electron chi connectivity index (χ0n) is 12.2. The minimum absolute atomic E-state index is 0.592. The fraction of sp³-hybridized carbons (Fsp3) is 0.800. The van der Waals surface area contributed by atoms with Crippen LogP contribution in [0.5, 0.6) is 0 Å². The van der Waals surface area contributed by atoms with Gasteiger partial charge in [0.1, 0.15) is 0 Å². The first-order chi connectivity index (χ1) is 9.15. The number of alkyl halides is 1. The summed E-state index contributed by atoms with van der Waals surface area (Å²) in [6.07, 6.45) is 10.1. The third-order valence-corrected chi connectivity index (χ3v) is 4.41. The van der Waals surface area contributed by atoms with Gasteiger partial charge >= 0.3 is 0 Å². The third-order valence-electron chi connectivity index (χ3n) is 3.95. The molecule has 2 rings (SSSR count). The highest BCUT2D eigenvalue weighted by Gasteiger charge is 2.16. The molecule has 1 aliphatic rings. The number of rotatable bonds is 6. The first-order valence-corrected chi connectivity index (χ1v) is 8.43. The Kier molecular flexibility index (Phi) is 5.89. The van der Waals surface area contributed by atoms with Crippen molar-refractivity contribution in [3.05, 3.63) is 18.0 Å². The van der Waals surface area contributed by atoms with Crippen molar-refractivity contribution in [3.63, 3.8) is 0 Å². The number of aromatic nitrogens is 2. The molecule has 1 heterocycles. The SMILES string of the molecule is CC(Br)CCN(C)Cc1ccn(C2CCCCC2)n1. The lowest BCUT2D eigenvalue weighted by molar-refractivity contribution is 0.305. The van der Waals surface area contributed by atoms with Crippen LogP contribution >= 0.6 is 15.9 Å².